The molecular weight excluding hydrogens is 396 g/mol. The van der Waals surface area contributed by atoms with Crippen LogP contribution in [0.4, 0.5) is 16.3 Å². The van der Waals surface area contributed by atoms with Gasteiger partial charge in [0.2, 0.25) is 0 Å². The highest BCUT2D eigenvalue weighted by Gasteiger charge is 2.40. The zero-order valence-corrected chi connectivity index (χ0v) is 17.5. The highest BCUT2D eigenvalue weighted by molar-refractivity contribution is 6.02. The number of hydrogen-bond donors (Lipinski definition) is 4. The number of urea groups is 1. The molecule has 2 aromatic rings. The van der Waals surface area contributed by atoms with Crippen LogP contribution in [0.1, 0.15) is 34.3 Å². The van der Waals surface area contributed by atoms with Crippen LogP contribution in [0.5, 0.6) is 0 Å². The number of likely N-dealkylation sites (tertiary alicyclic amines) is 1. The third kappa shape index (κ3) is 4.78. The van der Waals surface area contributed by atoms with E-state index in [0.717, 1.165) is 12.0 Å². The van der Waals surface area contributed by atoms with E-state index >= 15 is 0 Å². The number of ether oxygens (including phenoxy) is 2. The fourth-order valence-corrected chi connectivity index (χ4v) is 4.12. The molecule has 1 aromatic carbocycles. The molecule has 2 fully saturated rings. The molecule has 2 unspecified atom stereocenters. The number of anilines is 2. The monoisotopic (exact) mass is 430 g/mol. The standard InChI is InChI=1S/C22H28N6O3.3H2/c1-30-8-7-19(14-5-3-2-4-6-14)26-22(29)27-20-10-18(23)17(11-25-20)21(24)28-12-16-9-15(28)13-31-16;;;/h2-6,10-11,15-16,19,24H,7-9,12-13H2,1H3,(H4,23,25,26,27,29);3*1H/t15?,16?,19-;;;/m1.../s1. The van der Waals surface area contributed by atoms with Crippen LogP contribution in [0.3, 0.4) is 0 Å². The minimum absolute atomic E-state index is 0. The van der Waals surface area contributed by atoms with Crippen molar-refractivity contribution in [2.75, 3.05) is 37.9 Å². The minimum atomic E-state index is -0.381. The molecule has 2 amide bonds. The fraction of sp³-hybridized carbons (Fsp3) is 0.409. The Bertz CT molecular complexity index is 953. The average molecular weight is 431 g/mol. The zero-order valence-electron chi connectivity index (χ0n) is 17.5. The van der Waals surface area contributed by atoms with Crippen molar-refractivity contribution in [2.24, 2.45) is 0 Å². The summed E-state index contributed by atoms with van der Waals surface area (Å²) in [5, 5.41) is 14.2. The number of amidine groups is 1. The smallest absolute Gasteiger partial charge is 0.320 e. The Balaban J connectivity index is 0.00000193. The molecule has 9 heteroatoms. The molecule has 4 rings (SSSR count). The van der Waals surface area contributed by atoms with Crippen molar-refractivity contribution < 1.29 is 18.5 Å². The summed E-state index contributed by atoms with van der Waals surface area (Å²) in [5.74, 6) is 0.678. The third-order valence-corrected chi connectivity index (χ3v) is 5.74. The quantitative estimate of drug-likeness (QED) is 0.395. The maximum absolute atomic E-state index is 12.6. The number of nitrogens with zero attached hydrogens (tertiary/aromatic N) is 2. The lowest BCUT2D eigenvalue weighted by Crippen LogP contribution is -2.41. The van der Waals surface area contributed by atoms with Gasteiger partial charge >= 0.3 is 6.03 Å². The number of carbonyl (C=O) groups excluding carboxylic acids is 1. The number of nitrogens with two attached hydrogens (primary N) is 1. The van der Waals surface area contributed by atoms with Crippen LogP contribution in [-0.4, -0.2) is 60.8 Å². The summed E-state index contributed by atoms with van der Waals surface area (Å²) in [6.45, 7) is 1.87. The molecule has 1 aromatic heterocycles. The van der Waals surface area contributed by atoms with Gasteiger partial charge in [-0.3, -0.25) is 10.7 Å². The third-order valence-electron chi connectivity index (χ3n) is 5.74. The predicted molar refractivity (Wildman–Crippen MR) is 125 cm³/mol. The van der Waals surface area contributed by atoms with Crippen molar-refractivity contribution in [3.8, 4) is 0 Å². The molecule has 0 spiro atoms. The van der Waals surface area contributed by atoms with Gasteiger partial charge in [0.05, 0.1) is 30.4 Å². The number of aromatic nitrogens is 1. The van der Waals surface area contributed by atoms with E-state index in [4.69, 9.17) is 20.6 Å². The van der Waals surface area contributed by atoms with Crippen LogP contribution in [0.15, 0.2) is 42.6 Å². The second kappa shape index (κ2) is 9.32. The van der Waals surface area contributed by atoms with Gasteiger partial charge in [-0.1, -0.05) is 30.3 Å². The summed E-state index contributed by atoms with van der Waals surface area (Å²) in [6.07, 6.45) is 3.32. The number of carbonyl (C=O) groups is 1. The van der Waals surface area contributed by atoms with E-state index < -0.39 is 0 Å². The second-order valence-electron chi connectivity index (χ2n) is 7.85. The van der Waals surface area contributed by atoms with E-state index in [1.54, 1.807) is 19.4 Å². The number of amides is 2. The largest absolute Gasteiger partial charge is 0.398 e. The van der Waals surface area contributed by atoms with Crippen molar-refractivity contribution in [2.45, 2.75) is 31.0 Å². The van der Waals surface area contributed by atoms with Crippen molar-refractivity contribution in [3.05, 3.63) is 53.7 Å². The molecule has 0 radical (unpaired) electrons. The van der Waals surface area contributed by atoms with Gasteiger partial charge in [0.1, 0.15) is 11.7 Å². The van der Waals surface area contributed by atoms with E-state index in [9.17, 15) is 4.79 Å². The van der Waals surface area contributed by atoms with Crippen LogP contribution in [0, 0.1) is 5.41 Å². The molecule has 2 aliphatic rings. The fourth-order valence-electron chi connectivity index (χ4n) is 4.12. The van der Waals surface area contributed by atoms with Gasteiger partial charge in [0, 0.05) is 42.5 Å². The Labute approximate surface area is 185 Å². The second-order valence-corrected chi connectivity index (χ2v) is 7.85. The van der Waals surface area contributed by atoms with Crippen LogP contribution in [0.25, 0.3) is 0 Å². The number of morpholine rings is 1. The summed E-state index contributed by atoms with van der Waals surface area (Å²) < 4.78 is 10.8. The molecule has 2 bridgehead atoms. The highest BCUT2D eigenvalue weighted by atomic mass is 16.5. The van der Waals surface area contributed by atoms with E-state index in [1.165, 1.54) is 0 Å². The summed E-state index contributed by atoms with van der Waals surface area (Å²) in [5.41, 5.74) is 8.15. The first kappa shape index (κ1) is 21.1. The van der Waals surface area contributed by atoms with Crippen molar-refractivity contribution in [1.82, 2.24) is 15.2 Å². The number of nitrogen functional groups attached to an aromatic ring is 1. The number of fused-ring (bicyclic) bond motifs is 2. The minimum Gasteiger partial charge on any atom is -0.398 e. The molecule has 5 N–H and O–H groups in total. The molecule has 2 saturated heterocycles. The summed E-state index contributed by atoms with van der Waals surface area (Å²) in [4.78, 5) is 18.9. The van der Waals surface area contributed by atoms with Crippen LogP contribution in [0.2, 0.25) is 0 Å². The van der Waals surface area contributed by atoms with Gasteiger partial charge in [-0.05, 0) is 18.4 Å². The van der Waals surface area contributed by atoms with Gasteiger partial charge in [0.15, 0.2) is 0 Å². The summed E-state index contributed by atoms with van der Waals surface area (Å²) >= 11 is 0. The Morgan fingerprint density at radius 2 is 2.26 bits per heavy atom. The Morgan fingerprint density at radius 3 is 2.90 bits per heavy atom. The van der Waals surface area contributed by atoms with Gasteiger partial charge in [0.25, 0.3) is 0 Å². The van der Waals surface area contributed by atoms with Gasteiger partial charge in [-0.25, -0.2) is 9.78 Å². The highest BCUT2D eigenvalue weighted by Crippen LogP contribution is 2.30. The number of nitrogens with one attached hydrogen (secondary N) is 3. The SMILES string of the molecule is COCC[C@@H](NC(=O)Nc1cc(N)c(C(=N)N2CC3CC2CO3)cn1)c1ccccc1.[HH].[HH].[HH]. The average Bonchev–Trinajstić information content (AvgIpc) is 3.41. The predicted octanol–water partition coefficient (Wildman–Crippen LogP) is 3.10. The first-order valence-electron chi connectivity index (χ1n) is 10.4. The number of pyridine rings is 1. The van der Waals surface area contributed by atoms with Crippen molar-refractivity contribution in [1.29, 1.82) is 5.41 Å². The van der Waals surface area contributed by atoms with Gasteiger partial charge < -0.3 is 25.4 Å². The van der Waals surface area contributed by atoms with Crippen LogP contribution in [-0.2, 0) is 9.47 Å². The van der Waals surface area contributed by atoms with Crippen molar-refractivity contribution in [3.63, 3.8) is 0 Å². The van der Waals surface area contributed by atoms with Crippen LogP contribution >= 0.6 is 0 Å². The van der Waals surface area contributed by atoms with E-state index in [2.05, 4.69) is 15.6 Å². The summed E-state index contributed by atoms with van der Waals surface area (Å²) in [7, 11) is 1.63. The van der Waals surface area contributed by atoms with E-state index in [1.807, 2.05) is 35.2 Å². The molecule has 0 aliphatic carbocycles. The van der Waals surface area contributed by atoms with E-state index in [0.29, 0.717) is 49.1 Å². The Hall–Kier alpha value is -3.17. The van der Waals surface area contributed by atoms with Crippen molar-refractivity contribution >= 4 is 23.4 Å². The van der Waals surface area contributed by atoms with Gasteiger partial charge in [-0.15, -0.1) is 0 Å². The Morgan fingerprint density at radius 1 is 1.45 bits per heavy atom. The zero-order chi connectivity index (χ0) is 21.8. The number of hydrogen-bond acceptors (Lipinski definition) is 6. The maximum Gasteiger partial charge on any atom is 0.320 e. The molecule has 3 atom stereocenters. The lowest BCUT2D eigenvalue weighted by molar-refractivity contribution is 0.0566. The number of benzene rings is 1. The molecule has 31 heavy (non-hydrogen) atoms. The molecule has 0 saturated carbocycles. The topological polar surface area (TPSA) is 126 Å². The number of rotatable bonds is 7. The first-order valence-corrected chi connectivity index (χ1v) is 10.4. The lowest BCUT2D eigenvalue weighted by Gasteiger charge is -2.29. The lowest BCUT2D eigenvalue weighted by atomic mass is 10.0. The maximum atomic E-state index is 12.6. The molecular formula is C22H34N6O3. The number of methoxy groups -OCH3 is 1. The molecule has 3 heterocycles. The molecule has 170 valence electrons. The normalized spacial score (nSPS) is 20.5. The summed E-state index contributed by atoms with van der Waals surface area (Å²) in [6, 6.07) is 11.0. The first-order chi connectivity index (χ1) is 15.0. The molecule has 9 nitrogen and oxygen atoms in total. The van der Waals surface area contributed by atoms with Crippen LogP contribution < -0.4 is 16.4 Å². The van der Waals surface area contributed by atoms with Gasteiger partial charge in [-0.2, -0.15) is 0 Å². The Kier molecular flexibility index (Phi) is 6.34. The van der Waals surface area contributed by atoms with E-state index in [-0.39, 0.29) is 28.5 Å². The molecule has 2 aliphatic heterocycles.